The predicted octanol–water partition coefficient (Wildman–Crippen LogP) is 0.241. The number of hydrogen-bond donors (Lipinski definition) is 1. The van der Waals surface area contributed by atoms with Gasteiger partial charge in [0.05, 0.1) is 18.3 Å². The van der Waals surface area contributed by atoms with Crippen LogP contribution in [0.5, 0.6) is 0 Å². The van der Waals surface area contributed by atoms with E-state index in [-0.39, 0.29) is 6.04 Å². The molecule has 0 bridgehead atoms. The van der Waals surface area contributed by atoms with Crippen molar-refractivity contribution in [3.05, 3.63) is 11.9 Å². The zero-order valence-electron chi connectivity index (χ0n) is 8.39. The Bertz CT molecular complexity index is 293. The average molecular weight is 196 g/mol. The van der Waals surface area contributed by atoms with Gasteiger partial charge in [0.2, 0.25) is 0 Å². The van der Waals surface area contributed by atoms with Crippen molar-refractivity contribution in [1.29, 1.82) is 0 Å². The van der Waals surface area contributed by atoms with Crippen LogP contribution in [-0.2, 0) is 11.8 Å². The zero-order chi connectivity index (χ0) is 9.97. The lowest BCUT2D eigenvalue weighted by Gasteiger charge is -2.26. The molecule has 1 aromatic rings. The Morgan fingerprint density at radius 2 is 2.57 bits per heavy atom. The van der Waals surface area contributed by atoms with Crippen LogP contribution in [0, 0.1) is 5.92 Å². The van der Waals surface area contributed by atoms with E-state index in [1.54, 1.807) is 4.68 Å². The molecule has 1 saturated heterocycles. The fraction of sp³-hybridized carbons (Fsp3) is 0.778. The summed E-state index contributed by atoms with van der Waals surface area (Å²) >= 11 is 0. The van der Waals surface area contributed by atoms with E-state index < -0.39 is 0 Å². The molecule has 5 nitrogen and oxygen atoms in total. The third-order valence-electron chi connectivity index (χ3n) is 2.67. The summed E-state index contributed by atoms with van der Waals surface area (Å²) in [5.74, 6) is 0.389. The monoisotopic (exact) mass is 196 g/mol. The summed E-state index contributed by atoms with van der Waals surface area (Å²) in [6, 6.07) is -0.0380. The lowest BCUT2D eigenvalue weighted by atomic mass is 9.93. The zero-order valence-corrected chi connectivity index (χ0v) is 8.39. The molecule has 0 amide bonds. The molecule has 0 radical (unpaired) electrons. The topological polar surface area (TPSA) is 66.0 Å². The minimum atomic E-state index is -0.0380. The van der Waals surface area contributed by atoms with Gasteiger partial charge < -0.3 is 10.5 Å². The van der Waals surface area contributed by atoms with Crippen LogP contribution < -0.4 is 5.73 Å². The van der Waals surface area contributed by atoms with Gasteiger partial charge in [-0.15, -0.1) is 5.10 Å². The SMILES string of the molecule is Cn1cc(C(N)C2CCCOC2)nn1. The summed E-state index contributed by atoms with van der Waals surface area (Å²) in [6.45, 7) is 1.61. The summed E-state index contributed by atoms with van der Waals surface area (Å²) in [6.07, 6.45) is 4.09. The third-order valence-corrected chi connectivity index (χ3v) is 2.67. The maximum absolute atomic E-state index is 6.09. The molecule has 0 spiro atoms. The molecule has 2 unspecified atom stereocenters. The first-order chi connectivity index (χ1) is 6.77. The van der Waals surface area contributed by atoms with Crippen LogP contribution in [0.25, 0.3) is 0 Å². The molecule has 0 aliphatic carbocycles. The molecular weight excluding hydrogens is 180 g/mol. The van der Waals surface area contributed by atoms with E-state index in [1.807, 2.05) is 13.2 Å². The summed E-state index contributed by atoms with van der Waals surface area (Å²) in [4.78, 5) is 0. The van der Waals surface area contributed by atoms with E-state index in [4.69, 9.17) is 10.5 Å². The molecule has 0 saturated carbocycles. The summed E-state index contributed by atoms with van der Waals surface area (Å²) in [5, 5.41) is 7.90. The number of nitrogens with zero attached hydrogens (tertiary/aromatic N) is 3. The van der Waals surface area contributed by atoms with Gasteiger partial charge in [-0.1, -0.05) is 5.21 Å². The molecule has 1 aliphatic rings. The fourth-order valence-electron chi connectivity index (χ4n) is 1.81. The predicted molar refractivity (Wildman–Crippen MR) is 51.5 cm³/mol. The van der Waals surface area contributed by atoms with Crippen LogP contribution in [-0.4, -0.2) is 28.2 Å². The van der Waals surface area contributed by atoms with Crippen LogP contribution in [0.4, 0.5) is 0 Å². The van der Waals surface area contributed by atoms with E-state index in [0.29, 0.717) is 5.92 Å². The number of nitrogens with two attached hydrogens (primary N) is 1. The lowest BCUT2D eigenvalue weighted by molar-refractivity contribution is 0.0442. The van der Waals surface area contributed by atoms with Gasteiger partial charge in [0, 0.05) is 25.8 Å². The molecule has 14 heavy (non-hydrogen) atoms. The second-order valence-corrected chi connectivity index (χ2v) is 3.82. The van der Waals surface area contributed by atoms with Crippen molar-refractivity contribution in [2.45, 2.75) is 18.9 Å². The highest BCUT2D eigenvalue weighted by atomic mass is 16.5. The normalized spacial score (nSPS) is 24.9. The van der Waals surface area contributed by atoms with Crippen molar-refractivity contribution in [3.8, 4) is 0 Å². The molecule has 1 fully saturated rings. The van der Waals surface area contributed by atoms with Gasteiger partial charge in [-0.25, -0.2) is 0 Å². The van der Waals surface area contributed by atoms with Gasteiger partial charge in [0.25, 0.3) is 0 Å². The quantitative estimate of drug-likeness (QED) is 0.736. The van der Waals surface area contributed by atoms with Crippen LogP contribution >= 0.6 is 0 Å². The molecule has 2 atom stereocenters. The highest BCUT2D eigenvalue weighted by molar-refractivity contribution is 5.01. The number of hydrogen-bond acceptors (Lipinski definition) is 4. The Balaban J connectivity index is 2.03. The number of aromatic nitrogens is 3. The molecule has 2 rings (SSSR count). The van der Waals surface area contributed by atoms with E-state index in [2.05, 4.69) is 10.3 Å². The van der Waals surface area contributed by atoms with E-state index in [1.165, 1.54) is 0 Å². The highest BCUT2D eigenvalue weighted by Crippen LogP contribution is 2.25. The maximum Gasteiger partial charge on any atom is 0.0997 e. The van der Waals surface area contributed by atoms with Crippen molar-refractivity contribution in [1.82, 2.24) is 15.0 Å². The van der Waals surface area contributed by atoms with Crippen LogP contribution in [0.2, 0.25) is 0 Å². The van der Waals surface area contributed by atoms with Crippen molar-refractivity contribution in [2.75, 3.05) is 13.2 Å². The van der Waals surface area contributed by atoms with Gasteiger partial charge in [0.15, 0.2) is 0 Å². The summed E-state index contributed by atoms with van der Waals surface area (Å²) in [5.41, 5.74) is 6.95. The maximum atomic E-state index is 6.09. The van der Waals surface area contributed by atoms with Gasteiger partial charge in [0.1, 0.15) is 0 Å². The first-order valence-electron chi connectivity index (χ1n) is 4.97. The second kappa shape index (κ2) is 4.06. The number of rotatable bonds is 2. The average Bonchev–Trinajstić information content (AvgIpc) is 2.65. The number of ether oxygens (including phenoxy) is 1. The molecular formula is C9H16N4O. The Labute approximate surface area is 83.2 Å². The largest absolute Gasteiger partial charge is 0.381 e. The highest BCUT2D eigenvalue weighted by Gasteiger charge is 2.24. The van der Waals surface area contributed by atoms with Crippen molar-refractivity contribution in [3.63, 3.8) is 0 Å². The van der Waals surface area contributed by atoms with Gasteiger partial charge >= 0.3 is 0 Å². The Morgan fingerprint density at radius 1 is 1.71 bits per heavy atom. The van der Waals surface area contributed by atoms with Gasteiger partial charge in [-0.2, -0.15) is 0 Å². The van der Waals surface area contributed by atoms with Crippen molar-refractivity contribution < 1.29 is 4.74 Å². The molecule has 0 aromatic carbocycles. The Morgan fingerprint density at radius 3 is 3.14 bits per heavy atom. The Hall–Kier alpha value is -0.940. The molecule has 2 N–H and O–H groups in total. The van der Waals surface area contributed by atoms with Crippen molar-refractivity contribution in [2.24, 2.45) is 18.7 Å². The van der Waals surface area contributed by atoms with Crippen molar-refractivity contribution >= 4 is 0 Å². The summed E-state index contributed by atoms with van der Waals surface area (Å²) in [7, 11) is 1.85. The van der Waals surface area contributed by atoms with Crippen LogP contribution in [0.3, 0.4) is 0 Å². The molecule has 1 aliphatic heterocycles. The van der Waals surface area contributed by atoms with E-state index >= 15 is 0 Å². The first kappa shape index (κ1) is 9.61. The third kappa shape index (κ3) is 1.93. The van der Waals surface area contributed by atoms with Gasteiger partial charge in [-0.05, 0) is 12.8 Å². The molecule has 5 heteroatoms. The minimum absolute atomic E-state index is 0.0380. The molecule has 1 aromatic heterocycles. The molecule has 2 heterocycles. The molecule has 78 valence electrons. The van der Waals surface area contributed by atoms with Crippen LogP contribution in [0.1, 0.15) is 24.6 Å². The summed E-state index contributed by atoms with van der Waals surface area (Å²) < 4.78 is 7.08. The fourth-order valence-corrected chi connectivity index (χ4v) is 1.81. The van der Waals surface area contributed by atoms with E-state index in [0.717, 1.165) is 31.7 Å². The number of aryl methyl sites for hydroxylation is 1. The second-order valence-electron chi connectivity index (χ2n) is 3.82. The minimum Gasteiger partial charge on any atom is -0.381 e. The van der Waals surface area contributed by atoms with Crippen LogP contribution in [0.15, 0.2) is 6.20 Å². The Kier molecular flexibility index (Phi) is 2.79. The standard InChI is InChI=1S/C9H16N4O/c1-13-5-8(11-12-13)9(10)7-3-2-4-14-6-7/h5,7,9H,2-4,6,10H2,1H3. The first-order valence-corrected chi connectivity index (χ1v) is 4.97. The van der Waals surface area contributed by atoms with E-state index in [9.17, 15) is 0 Å². The lowest BCUT2D eigenvalue weighted by Crippen LogP contribution is -2.29. The smallest absolute Gasteiger partial charge is 0.0997 e. The van der Waals surface area contributed by atoms with Gasteiger partial charge in [-0.3, -0.25) is 4.68 Å².